The third-order valence-electron chi connectivity index (χ3n) is 2.80. The molecular weight excluding hydrogens is 412 g/mol. The van der Waals surface area contributed by atoms with Crippen molar-refractivity contribution in [2.75, 3.05) is 0 Å². The van der Waals surface area contributed by atoms with Crippen LogP contribution in [0.1, 0.15) is 5.56 Å². The predicted octanol–water partition coefficient (Wildman–Crippen LogP) is 6.09. The Balaban J connectivity index is 1.80. The van der Waals surface area contributed by atoms with Crippen molar-refractivity contribution in [3.63, 3.8) is 0 Å². The third kappa shape index (κ3) is 3.87. The van der Waals surface area contributed by atoms with Crippen molar-refractivity contribution in [3.8, 4) is 11.3 Å². The van der Waals surface area contributed by atoms with E-state index >= 15 is 0 Å². The van der Waals surface area contributed by atoms with Gasteiger partial charge < -0.3 is 0 Å². The fourth-order valence-corrected chi connectivity index (χ4v) is 3.15. The van der Waals surface area contributed by atoms with Gasteiger partial charge in [0.2, 0.25) is 5.13 Å². The molecule has 0 radical (unpaired) electrons. The molecule has 0 aliphatic heterocycles. The Morgan fingerprint density at radius 1 is 1.00 bits per heavy atom. The number of aromatic nitrogens is 1. The van der Waals surface area contributed by atoms with Gasteiger partial charge in [-0.2, -0.15) is 0 Å². The maximum atomic E-state index is 4.54. The molecule has 0 aliphatic rings. The summed E-state index contributed by atoms with van der Waals surface area (Å²) in [5.41, 5.74) is 3.09. The third-order valence-corrected chi connectivity index (χ3v) is 4.58. The van der Waals surface area contributed by atoms with E-state index < -0.39 is 0 Å². The quantitative estimate of drug-likeness (QED) is 0.470. The average Bonchev–Trinajstić information content (AvgIpc) is 2.95. The van der Waals surface area contributed by atoms with E-state index in [2.05, 4.69) is 41.8 Å². The highest BCUT2D eigenvalue weighted by Gasteiger charge is 2.03. The minimum Gasteiger partial charge on any atom is -0.227 e. The van der Waals surface area contributed by atoms with Crippen LogP contribution in [0.15, 0.2) is 67.8 Å². The zero-order valence-corrected chi connectivity index (χ0v) is 14.8. The number of hydrogen-bond donors (Lipinski definition) is 0. The minimum absolute atomic E-state index is 0.757. The molecule has 2 aromatic carbocycles. The Kier molecular flexibility index (Phi) is 4.63. The molecule has 0 bridgehead atoms. The van der Waals surface area contributed by atoms with Crippen molar-refractivity contribution in [3.05, 3.63) is 68.4 Å². The zero-order valence-electron chi connectivity index (χ0n) is 10.8. The van der Waals surface area contributed by atoms with Gasteiger partial charge in [-0.25, -0.2) is 9.98 Å². The van der Waals surface area contributed by atoms with E-state index in [9.17, 15) is 0 Å². The smallest absolute Gasteiger partial charge is 0.209 e. The summed E-state index contributed by atoms with van der Waals surface area (Å²) < 4.78 is 2.11. The standard InChI is InChI=1S/C16H10Br2N2S/c17-13-6-4-12(5-7-13)15-10-21-16(20-15)19-9-11-2-1-3-14(18)8-11/h1-10H/b19-9+. The Bertz CT molecular complexity index is 779. The van der Waals surface area contributed by atoms with Gasteiger partial charge in [0.25, 0.3) is 0 Å². The molecular formula is C16H10Br2N2S. The predicted molar refractivity (Wildman–Crippen MR) is 96.6 cm³/mol. The van der Waals surface area contributed by atoms with Gasteiger partial charge in [-0.1, -0.05) is 56.1 Å². The van der Waals surface area contributed by atoms with Crippen molar-refractivity contribution in [1.82, 2.24) is 4.98 Å². The average molecular weight is 422 g/mol. The molecule has 0 spiro atoms. The lowest BCUT2D eigenvalue weighted by Crippen LogP contribution is -1.80. The summed E-state index contributed by atoms with van der Waals surface area (Å²) in [5, 5.41) is 2.78. The molecule has 21 heavy (non-hydrogen) atoms. The summed E-state index contributed by atoms with van der Waals surface area (Å²) in [6.45, 7) is 0. The maximum Gasteiger partial charge on any atom is 0.209 e. The SMILES string of the molecule is Brc1ccc(-c2csc(/N=C/c3cccc(Br)c3)n2)cc1. The fraction of sp³-hybridized carbons (Fsp3) is 0. The van der Waals surface area contributed by atoms with E-state index in [1.54, 1.807) is 0 Å². The zero-order chi connectivity index (χ0) is 14.7. The van der Waals surface area contributed by atoms with Gasteiger partial charge in [-0.05, 0) is 29.8 Å². The molecule has 0 aliphatic carbocycles. The molecule has 5 heteroatoms. The molecule has 0 atom stereocenters. The number of rotatable bonds is 3. The van der Waals surface area contributed by atoms with Gasteiger partial charge in [0.15, 0.2) is 0 Å². The fourth-order valence-electron chi connectivity index (χ4n) is 1.79. The first-order valence-corrected chi connectivity index (χ1v) is 8.68. The van der Waals surface area contributed by atoms with E-state index in [-0.39, 0.29) is 0 Å². The van der Waals surface area contributed by atoms with Crippen LogP contribution >= 0.6 is 43.2 Å². The lowest BCUT2D eigenvalue weighted by molar-refractivity contribution is 1.36. The lowest BCUT2D eigenvalue weighted by atomic mass is 10.2. The van der Waals surface area contributed by atoms with Crippen LogP contribution in [-0.4, -0.2) is 11.2 Å². The molecule has 1 heterocycles. The largest absolute Gasteiger partial charge is 0.227 e. The van der Waals surface area contributed by atoms with Crippen LogP contribution in [0.2, 0.25) is 0 Å². The van der Waals surface area contributed by atoms with E-state index in [1.165, 1.54) is 11.3 Å². The molecule has 3 rings (SSSR count). The van der Waals surface area contributed by atoms with Crippen molar-refractivity contribution in [2.45, 2.75) is 0 Å². The van der Waals surface area contributed by atoms with Crippen molar-refractivity contribution in [2.24, 2.45) is 4.99 Å². The Hall–Kier alpha value is -1.30. The van der Waals surface area contributed by atoms with Gasteiger partial charge >= 0.3 is 0 Å². The van der Waals surface area contributed by atoms with E-state index in [0.717, 1.165) is 30.9 Å². The Morgan fingerprint density at radius 2 is 1.81 bits per heavy atom. The molecule has 1 aromatic heterocycles. The van der Waals surface area contributed by atoms with Crippen LogP contribution in [-0.2, 0) is 0 Å². The number of halogens is 2. The van der Waals surface area contributed by atoms with Gasteiger partial charge in [-0.15, -0.1) is 11.3 Å². The molecule has 0 N–H and O–H groups in total. The summed E-state index contributed by atoms with van der Waals surface area (Å²) >= 11 is 8.42. The van der Waals surface area contributed by atoms with E-state index in [1.807, 2.05) is 60.1 Å². The molecule has 3 aromatic rings. The Morgan fingerprint density at radius 3 is 2.57 bits per heavy atom. The number of aliphatic imine (C=N–C) groups is 1. The second-order valence-electron chi connectivity index (χ2n) is 4.34. The highest BCUT2D eigenvalue weighted by atomic mass is 79.9. The van der Waals surface area contributed by atoms with Gasteiger partial charge in [-0.3, -0.25) is 0 Å². The first-order valence-electron chi connectivity index (χ1n) is 6.22. The molecule has 0 fully saturated rings. The first-order chi connectivity index (χ1) is 10.2. The number of nitrogens with zero attached hydrogens (tertiary/aromatic N) is 2. The van der Waals surface area contributed by atoms with E-state index in [4.69, 9.17) is 0 Å². The molecule has 0 unspecified atom stereocenters. The normalized spacial score (nSPS) is 11.1. The second kappa shape index (κ2) is 6.64. The first kappa shape index (κ1) is 14.6. The number of benzene rings is 2. The molecule has 0 amide bonds. The van der Waals surface area contributed by atoms with Crippen molar-refractivity contribution < 1.29 is 0 Å². The van der Waals surface area contributed by atoms with Crippen molar-refractivity contribution >= 4 is 54.5 Å². The summed E-state index contributed by atoms with van der Waals surface area (Å²) in [4.78, 5) is 8.97. The second-order valence-corrected chi connectivity index (χ2v) is 7.00. The monoisotopic (exact) mass is 420 g/mol. The topological polar surface area (TPSA) is 25.2 Å². The van der Waals surface area contributed by atoms with Crippen LogP contribution in [0.4, 0.5) is 5.13 Å². The maximum absolute atomic E-state index is 4.54. The summed E-state index contributed by atoms with van der Waals surface area (Å²) in [5.74, 6) is 0. The van der Waals surface area contributed by atoms with Crippen LogP contribution in [0.25, 0.3) is 11.3 Å². The van der Waals surface area contributed by atoms with E-state index in [0.29, 0.717) is 0 Å². The van der Waals surface area contributed by atoms with Gasteiger partial charge in [0, 0.05) is 26.1 Å². The summed E-state index contributed by atoms with van der Waals surface area (Å²) in [7, 11) is 0. The lowest BCUT2D eigenvalue weighted by Gasteiger charge is -1.95. The van der Waals surface area contributed by atoms with Gasteiger partial charge in [0.05, 0.1) is 5.69 Å². The van der Waals surface area contributed by atoms with Crippen LogP contribution in [0.3, 0.4) is 0 Å². The summed E-state index contributed by atoms with van der Waals surface area (Å²) in [6, 6.07) is 16.1. The van der Waals surface area contributed by atoms with Crippen LogP contribution in [0, 0.1) is 0 Å². The molecule has 0 saturated carbocycles. The molecule has 104 valence electrons. The molecule has 0 saturated heterocycles. The Labute approximate surface area is 143 Å². The summed E-state index contributed by atoms with van der Waals surface area (Å²) in [6.07, 6.45) is 1.83. The highest BCUT2D eigenvalue weighted by molar-refractivity contribution is 9.10. The van der Waals surface area contributed by atoms with Crippen LogP contribution in [0.5, 0.6) is 0 Å². The number of hydrogen-bond acceptors (Lipinski definition) is 3. The van der Waals surface area contributed by atoms with Gasteiger partial charge in [0.1, 0.15) is 0 Å². The molecule has 2 nitrogen and oxygen atoms in total. The minimum atomic E-state index is 0.757. The highest BCUT2D eigenvalue weighted by Crippen LogP contribution is 2.27. The number of thiazole rings is 1. The van der Waals surface area contributed by atoms with Crippen molar-refractivity contribution in [1.29, 1.82) is 0 Å². The van der Waals surface area contributed by atoms with Crippen LogP contribution < -0.4 is 0 Å².